The normalized spacial score (nSPS) is 20.2. The second kappa shape index (κ2) is 12.5. The minimum Gasteiger partial charge on any atom is -0.458 e. The van der Waals surface area contributed by atoms with Crippen molar-refractivity contribution in [1.29, 1.82) is 0 Å². The third-order valence-electron chi connectivity index (χ3n) is 6.42. The fourth-order valence-electron chi connectivity index (χ4n) is 3.23. The maximum absolute atomic E-state index is 11.6. The monoisotopic (exact) mass is 430 g/mol. The predicted molar refractivity (Wildman–Crippen MR) is 128 cm³/mol. The van der Waals surface area contributed by atoms with Gasteiger partial charge in [-0.25, -0.2) is 9.59 Å². The summed E-state index contributed by atoms with van der Waals surface area (Å²) in [6, 6.07) is 9.55. The summed E-state index contributed by atoms with van der Waals surface area (Å²) in [5.74, 6) is -0.0442. The van der Waals surface area contributed by atoms with Gasteiger partial charge in [0.25, 0.3) is 0 Å². The number of carbonyl (C=O) groups is 2. The highest BCUT2D eigenvalue weighted by Crippen LogP contribution is 2.56. The van der Waals surface area contributed by atoms with E-state index in [2.05, 4.69) is 47.8 Å². The van der Waals surface area contributed by atoms with Gasteiger partial charge in [0.05, 0.1) is 0 Å². The molecule has 4 nitrogen and oxygen atoms in total. The minimum absolute atomic E-state index is 0.00157. The van der Waals surface area contributed by atoms with Crippen molar-refractivity contribution in [2.75, 3.05) is 0 Å². The zero-order valence-corrected chi connectivity index (χ0v) is 21.0. The Morgan fingerprint density at radius 2 is 1.42 bits per heavy atom. The van der Waals surface area contributed by atoms with Crippen molar-refractivity contribution in [2.45, 2.75) is 81.4 Å². The van der Waals surface area contributed by atoms with E-state index >= 15 is 0 Å². The molecule has 4 heteroatoms. The summed E-state index contributed by atoms with van der Waals surface area (Å²) in [4.78, 5) is 22.6. The minimum atomic E-state index is -0.344. The Balaban J connectivity index is 0.000000547. The lowest BCUT2D eigenvalue weighted by Crippen LogP contribution is -2.38. The van der Waals surface area contributed by atoms with Crippen LogP contribution in [-0.2, 0) is 25.7 Å². The third kappa shape index (κ3) is 8.01. The molecular formula is C27H42O4. The lowest BCUT2D eigenvalue weighted by atomic mass is 9.67. The largest absolute Gasteiger partial charge is 0.458 e. The fourth-order valence-corrected chi connectivity index (χ4v) is 3.23. The number of carbonyl (C=O) groups excluding carboxylic acids is 2. The van der Waals surface area contributed by atoms with E-state index in [0.29, 0.717) is 23.7 Å². The summed E-state index contributed by atoms with van der Waals surface area (Å²) < 4.78 is 10.5. The van der Waals surface area contributed by atoms with Crippen LogP contribution < -0.4 is 0 Å². The molecule has 2 rings (SSSR count). The molecule has 0 N–H and O–H groups in total. The Labute approximate surface area is 189 Å². The van der Waals surface area contributed by atoms with Crippen molar-refractivity contribution in [3.05, 3.63) is 60.2 Å². The van der Waals surface area contributed by atoms with Crippen molar-refractivity contribution in [3.63, 3.8) is 0 Å². The second-order valence-electron chi connectivity index (χ2n) is 9.10. The Morgan fingerprint density at radius 1 is 0.935 bits per heavy atom. The SMILES string of the molecule is C=C(C)C(=O)OC1CC(C)C(C)(C)C1(C)C.C=C(C)C(=O)OCc1ccccc1.CC. The molecule has 1 aliphatic carbocycles. The first-order valence-electron chi connectivity index (χ1n) is 11.0. The van der Waals surface area contributed by atoms with Crippen LogP contribution in [0.1, 0.15) is 74.3 Å². The Kier molecular flexibility index (Phi) is 11.5. The molecule has 0 radical (unpaired) electrons. The Bertz CT molecular complexity index is 744. The quantitative estimate of drug-likeness (QED) is 0.377. The molecule has 0 bridgehead atoms. The van der Waals surface area contributed by atoms with Crippen LogP contribution in [0.5, 0.6) is 0 Å². The van der Waals surface area contributed by atoms with Crippen LogP contribution in [-0.4, -0.2) is 18.0 Å². The highest BCUT2D eigenvalue weighted by atomic mass is 16.5. The van der Waals surface area contributed by atoms with E-state index in [0.717, 1.165) is 12.0 Å². The topological polar surface area (TPSA) is 52.6 Å². The molecular weight excluding hydrogens is 388 g/mol. The molecule has 2 unspecified atom stereocenters. The van der Waals surface area contributed by atoms with Gasteiger partial charge in [-0.15, -0.1) is 0 Å². The molecule has 1 saturated carbocycles. The van der Waals surface area contributed by atoms with Crippen LogP contribution in [0.15, 0.2) is 54.6 Å². The fraction of sp³-hybridized carbons (Fsp3) is 0.556. The van der Waals surface area contributed by atoms with Crippen LogP contribution in [0.3, 0.4) is 0 Å². The van der Waals surface area contributed by atoms with E-state index in [1.165, 1.54) is 0 Å². The predicted octanol–water partition coefficient (Wildman–Crippen LogP) is 6.90. The van der Waals surface area contributed by atoms with Crippen molar-refractivity contribution >= 4 is 11.9 Å². The van der Waals surface area contributed by atoms with Crippen LogP contribution in [0, 0.1) is 16.7 Å². The molecule has 1 aromatic rings. The maximum atomic E-state index is 11.6. The summed E-state index contributed by atoms with van der Waals surface area (Å²) in [6.45, 7) is 25.9. The molecule has 0 aromatic heterocycles. The number of benzene rings is 1. The van der Waals surface area contributed by atoms with E-state index in [1.54, 1.807) is 13.8 Å². The molecule has 0 saturated heterocycles. The smallest absolute Gasteiger partial charge is 0.333 e. The van der Waals surface area contributed by atoms with Crippen molar-refractivity contribution < 1.29 is 19.1 Å². The standard InChI is InChI=1S/C14H24O2.C11H12O2.C2H6/c1-9(2)12(15)16-11-8-10(3)13(4,5)14(11,6)7;1-9(2)11(12)13-8-10-6-4-3-5-7-10;1-2/h10-11H,1,8H2,2-7H3;3-7H,1,8H2,2H3;1-2H3. The lowest BCUT2D eigenvalue weighted by molar-refractivity contribution is -0.150. The van der Waals surface area contributed by atoms with E-state index in [4.69, 9.17) is 9.47 Å². The van der Waals surface area contributed by atoms with Gasteiger partial charge in [0.15, 0.2) is 0 Å². The molecule has 1 aliphatic rings. The zero-order chi connectivity index (χ0) is 24.4. The van der Waals surface area contributed by atoms with E-state index in [1.807, 2.05) is 44.2 Å². The van der Waals surface area contributed by atoms with Crippen LogP contribution in [0.2, 0.25) is 0 Å². The van der Waals surface area contributed by atoms with Gasteiger partial charge in [-0.05, 0) is 37.2 Å². The van der Waals surface area contributed by atoms with Gasteiger partial charge in [0.2, 0.25) is 0 Å². The second-order valence-corrected chi connectivity index (χ2v) is 9.10. The third-order valence-corrected chi connectivity index (χ3v) is 6.42. The van der Waals surface area contributed by atoms with Gasteiger partial charge in [-0.3, -0.25) is 0 Å². The molecule has 0 amide bonds. The molecule has 0 aliphatic heterocycles. The van der Waals surface area contributed by atoms with E-state index in [9.17, 15) is 9.59 Å². The first-order chi connectivity index (χ1) is 14.3. The number of hydrogen-bond acceptors (Lipinski definition) is 4. The zero-order valence-electron chi connectivity index (χ0n) is 21.0. The maximum Gasteiger partial charge on any atom is 0.333 e. The summed E-state index contributed by atoms with van der Waals surface area (Å²) in [5, 5.41) is 0. The Morgan fingerprint density at radius 3 is 1.81 bits per heavy atom. The number of ether oxygens (including phenoxy) is 2. The first-order valence-corrected chi connectivity index (χ1v) is 11.0. The first kappa shape index (κ1) is 28.6. The van der Waals surface area contributed by atoms with E-state index < -0.39 is 0 Å². The average Bonchev–Trinajstić information content (AvgIpc) is 2.87. The molecule has 0 spiro atoms. The number of rotatable bonds is 5. The van der Waals surface area contributed by atoms with Crippen LogP contribution in [0.4, 0.5) is 0 Å². The highest BCUT2D eigenvalue weighted by Gasteiger charge is 2.54. The van der Waals surface area contributed by atoms with Gasteiger partial charge >= 0.3 is 11.9 Å². The average molecular weight is 431 g/mol. The molecule has 2 atom stereocenters. The molecule has 0 heterocycles. The van der Waals surface area contributed by atoms with Crippen molar-refractivity contribution in [1.82, 2.24) is 0 Å². The van der Waals surface area contributed by atoms with Crippen LogP contribution in [0.25, 0.3) is 0 Å². The summed E-state index contributed by atoms with van der Waals surface area (Å²) in [6.07, 6.45) is 0.945. The van der Waals surface area contributed by atoms with Gasteiger partial charge in [-0.2, -0.15) is 0 Å². The van der Waals surface area contributed by atoms with Crippen molar-refractivity contribution in [2.24, 2.45) is 16.7 Å². The van der Waals surface area contributed by atoms with Gasteiger partial charge in [0, 0.05) is 16.6 Å². The van der Waals surface area contributed by atoms with Crippen LogP contribution >= 0.6 is 0 Å². The van der Waals surface area contributed by atoms with Gasteiger partial charge in [0.1, 0.15) is 12.7 Å². The number of esters is 2. The molecule has 1 aromatic carbocycles. The molecule has 1 fully saturated rings. The highest BCUT2D eigenvalue weighted by molar-refractivity contribution is 5.87. The Hall–Kier alpha value is -2.36. The van der Waals surface area contributed by atoms with Crippen molar-refractivity contribution in [3.8, 4) is 0 Å². The summed E-state index contributed by atoms with van der Waals surface area (Å²) >= 11 is 0. The lowest BCUT2D eigenvalue weighted by Gasteiger charge is -2.40. The number of hydrogen-bond donors (Lipinski definition) is 0. The molecule has 31 heavy (non-hydrogen) atoms. The summed E-state index contributed by atoms with van der Waals surface area (Å²) in [5.41, 5.74) is 2.09. The van der Waals surface area contributed by atoms with Gasteiger partial charge < -0.3 is 9.47 Å². The summed E-state index contributed by atoms with van der Waals surface area (Å²) in [7, 11) is 0. The van der Waals surface area contributed by atoms with E-state index in [-0.39, 0.29) is 28.9 Å². The van der Waals surface area contributed by atoms with Gasteiger partial charge in [-0.1, -0.05) is 92.0 Å². The molecule has 174 valence electrons.